The molecule has 47 heavy (non-hydrogen) atoms. The first kappa shape index (κ1) is 31.9. The molecule has 2 aromatic carbocycles. The molecule has 3 amide bonds. The van der Waals surface area contributed by atoms with Crippen LogP contribution in [0.25, 0.3) is 0 Å². The number of hydrogen-bond acceptors (Lipinski definition) is 11. The van der Waals surface area contributed by atoms with Crippen LogP contribution in [0.5, 0.6) is 0 Å². The molecule has 0 unspecified atom stereocenters. The van der Waals surface area contributed by atoms with E-state index < -0.39 is 51.6 Å². The van der Waals surface area contributed by atoms with E-state index in [9.17, 15) is 28.8 Å². The Bertz CT molecular complexity index is 1920. The average Bonchev–Trinajstić information content (AvgIpc) is 3.51. The van der Waals surface area contributed by atoms with Gasteiger partial charge >= 0.3 is 16.8 Å². The molecule has 14 heteroatoms. The third-order valence-electron chi connectivity index (χ3n) is 7.71. The van der Waals surface area contributed by atoms with Crippen molar-refractivity contribution >= 4 is 64.1 Å². The van der Waals surface area contributed by atoms with Crippen LogP contribution in [-0.2, 0) is 30.4 Å². The van der Waals surface area contributed by atoms with Crippen molar-refractivity contribution in [3.05, 3.63) is 104 Å². The van der Waals surface area contributed by atoms with Gasteiger partial charge in [0.15, 0.2) is 0 Å². The maximum Gasteiger partial charge on any atom is 0.338 e. The molecule has 12 nitrogen and oxygen atoms in total. The molecule has 1 fully saturated rings. The van der Waals surface area contributed by atoms with Crippen molar-refractivity contribution < 1.29 is 33.4 Å². The van der Waals surface area contributed by atoms with Crippen molar-refractivity contribution in [2.75, 3.05) is 23.4 Å². The standard InChI is InChI=1S/C33H28N4O8S2/c1-3-44-31(41)18-7-11-21(12-8-18)35-23(38)17-36-30-27(47-33(36)43)24(20-6-5-15-34-16-20)25-26(46-30)29(40)37(28(25)39)22-13-9-19(10-14-22)32(42)45-4-2/h5-16,24-26H,3-4,17H2,1-2H3,(H,35,38)/t24-,25-,26+/m0/s1. The number of esters is 2. The Morgan fingerprint density at radius 1 is 0.872 bits per heavy atom. The van der Waals surface area contributed by atoms with Crippen LogP contribution < -0.4 is 15.1 Å². The monoisotopic (exact) mass is 672 g/mol. The van der Waals surface area contributed by atoms with E-state index >= 15 is 0 Å². The van der Waals surface area contributed by atoms with E-state index in [1.807, 2.05) is 0 Å². The van der Waals surface area contributed by atoms with Gasteiger partial charge in [0.2, 0.25) is 17.7 Å². The molecule has 2 aliphatic heterocycles. The largest absolute Gasteiger partial charge is 0.462 e. The highest BCUT2D eigenvalue weighted by molar-refractivity contribution is 8.00. The van der Waals surface area contributed by atoms with Gasteiger partial charge in [-0.1, -0.05) is 29.2 Å². The normalized spacial score (nSPS) is 18.3. The fourth-order valence-electron chi connectivity index (χ4n) is 5.64. The molecule has 240 valence electrons. The Morgan fingerprint density at radius 3 is 2.11 bits per heavy atom. The molecule has 0 spiro atoms. The zero-order valence-corrected chi connectivity index (χ0v) is 26.8. The fourth-order valence-corrected chi connectivity index (χ4v) is 8.41. The van der Waals surface area contributed by atoms with E-state index in [1.165, 1.54) is 41.0 Å². The number of anilines is 2. The average molecular weight is 673 g/mol. The number of aromatic nitrogens is 2. The van der Waals surface area contributed by atoms with Gasteiger partial charge in [-0.05, 0) is 74.0 Å². The van der Waals surface area contributed by atoms with E-state index in [1.54, 1.807) is 50.5 Å². The second kappa shape index (κ2) is 13.3. The van der Waals surface area contributed by atoms with Gasteiger partial charge in [0.05, 0.1) is 41.0 Å². The summed E-state index contributed by atoms with van der Waals surface area (Å²) in [5.41, 5.74) is 2.00. The highest BCUT2D eigenvalue weighted by atomic mass is 32.2. The third-order valence-corrected chi connectivity index (χ3v) is 10.3. The quantitative estimate of drug-likeness (QED) is 0.203. The minimum Gasteiger partial charge on any atom is -0.462 e. The van der Waals surface area contributed by atoms with Gasteiger partial charge < -0.3 is 14.8 Å². The lowest BCUT2D eigenvalue weighted by molar-refractivity contribution is -0.122. The molecule has 1 saturated heterocycles. The van der Waals surface area contributed by atoms with Crippen molar-refractivity contribution in [2.24, 2.45) is 5.92 Å². The van der Waals surface area contributed by atoms with Gasteiger partial charge in [0.1, 0.15) is 11.8 Å². The van der Waals surface area contributed by atoms with Crippen LogP contribution >= 0.6 is 23.1 Å². The smallest absolute Gasteiger partial charge is 0.338 e. The predicted octanol–water partition coefficient (Wildman–Crippen LogP) is 4.09. The Balaban J connectivity index is 1.30. The Hall–Kier alpha value is -5.08. The lowest BCUT2D eigenvalue weighted by Crippen LogP contribution is -2.33. The van der Waals surface area contributed by atoms with Gasteiger partial charge in [0, 0.05) is 28.9 Å². The fraction of sp³-hybridized carbons (Fsp3) is 0.242. The molecule has 4 aromatic rings. The minimum absolute atomic E-state index is 0.209. The number of thioether (sulfide) groups is 1. The number of nitrogens with zero attached hydrogens (tertiary/aromatic N) is 3. The summed E-state index contributed by atoms with van der Waals surface area (Å²) in [5.74, 6) is -3.90. The number of nitrogens with one attached hydrogen (secondary N) is 1. The number of rotatable bonds is 9. The van der Waals surface area contributed by atoms with E-state index in [0.717, 1.165) is 28.0 Å². The second-order valence-corrected chi connectivity index (χ2v) is 12.7. The van der Waals surface area contributed by atoms with Crippen molar-refractivity contribution in [1.29, 1.82) is 0 Å². The summed E-state index contributed by atoms with van der Waals surface area (Å²) in [6.07, 6.45) is 3.20. The Labute approximate surface area is 276 Å². The number of hydrogen-bond donors (Lipinski definition) is 1. The SMILES string of the molecule is CCOC(=O)c1ccc(NC(=O)Cn2c3c(sc2=O)[C@@H](c2cccnc2)[C@@H]2C(=O)N(c4ccc(C(=O)OCC)cc4)C(=O)[C@@H]2S3)cc1. The summed E-state index contributed by atoms with van der Waals surface area (Å²) in [4.78, 5) is 84.1. The first-order valence-electron chi connectivity index (χ1n) is 14.7. The van der Waals surface area contributed by atoms with Crippen LogP contribution in [0.1, 0.15) is 50.9 Å². The molecule has 0 saturated carbocycles. The van der Waals surface area contributed by atoms with E-state index in [-0.39, 0.29) is 25.3 Å². The van der Waals surface area contributed by atoms with Crippen molar-refractivity contribution in [2.45, 2.75) is 36.6 Å². The second-order valence-electron chi connectivity index (χ2n) is 10.6. The van der Waals surface area contributed by atoms with E-state index in [0.29, 0.717) is 32.4 Å². The molecule has 3 atom stereocenters. The maximum atomic E-state index is 14.0. The van der Waals surface area contributed by atoms with Gasteiger partial charge in [-0.15, -0.1) is 0 Å². The lowest BCUT2D eigenvalue weighted by atomic mass is 9.84. The van der Waals surface area contributed by atoms with Crippen LogP contribution in [0.4, 0.5) is 11.4 Å². The van der Waals surface area contributed by atoms with Crippen LogP contribution in [0.15, 0.2) is 82.9 Å². The summed E-state index contributed by atoms with van der Waals surface area (Å²) in [5, 5.41) is 2.29. The number of carbonyl (C=O) groups is 5. The van der Waals surface area contributed by atoms with Gasteiger partial charge in [0.25, 0.3) is 0 Å². The number of pyridine rings is 1. The minimum atomic E-state index is -0.885. The van der Waals surface area contributed by atoms with Crippen molar-refractivity contribution in [1.82, 2.24) is 9.55 Å². The van der Waals surface area contributed by atoms with Crippen molar-refractivity contribution in [3.8, 4) is 0 Å². The number of amides is 3. The molecular weight excluding hydrogens is 645 g/mol. The number of imide groups is 1. The molecular formula is C33H28N4O8S2. The summed E-state index contributed by atoms with van der Waals surface area (Å²) in [7, 11) is 0. The zero-order chi connectivity index (χ0) is 33.2. The zero-order valence-electron chi connectivity index (χ0n) is 25.2. The molecule has 1 N–H and O–H groups in total. The van der Waals surface area contributed by atoms with Crippen molar-refractivity contribution in [3.63, 3.8) is 0 Å². The number of benzene rings is 2. The number of fused-ring (bicyclic) bond motifs is 2. The highest BCUT2D eigenvalue weighted by Crippen LogP contribution is 2.53. The summed E-state index contributed by atoms with van der Waals surface area (Å²) in [6.45, 7) is 3.51. The summed E-state index contributed by atoms with van der Waals surface area (Å²) in [6, 6.07) is 15.7. The van der Waals surface area contributed by atoms with Gasteiger partial charge in [-0.3, -0.25) is 28.7 Å². The maximum absolute atomic E-state index is 14.0. The number of carbonyl (C=O) groups excluding carboxylic acids is 5. The molecule has 2 aromatic heterocycles. The van der Waals surface area contributed by atoms with Crippen LogP contribution in [0.3, 0.4) is 0 Å². The van der Waals surface area contributed by atoms with Crippen LogP contribution in [-0.4, -0.2) is 57.7 Å². The Morgan fingerprint density at radius 2 is 1.51 bits per heavy atom. The Kier molecular flexibility index (Phi) is 9.05. The lowest BCUT2D eigenvalue weighted by Gasteiger charge is -2.30. The molecule has 4 heterocycles. The number of thiazole rings is 1. The molecule has 0 aliphatic carbocycles. The highest BCUT2D eigenvalue weighted by Gasteiger charge is 2.57. The number of ether oxygens (including phenoxy) is 2. The van der Waals surface area contributed by atoms with Crippen LogP contribution in [0.2, 0.25) is 0 Å². The van der Waals surface area contributed by atoms with E-state index in [4.69, 9.17) is 9.47 Å². The molecule has 2 aliphatic rings. The topological polar surface area (TPSA) is 154 Å². The van der Waals surface area contributed by atoms with Gasteiger partial charge in [-0.25, -0.2) is 14.5 Å². The third kappa shape index (κ3) is 6.09. The van der Waals surface area contributed by atoms with Crippen LogP contribution in [0, 0.1) is 5.92 Å². The summed E-state index contributed by atoms with van der Waals surface area (Å²) < 4.78 is 11.3. The summed E-state index contributed by atoms with van der Waals surface area (Å²) >= 11 is 2.02. The predicted molar refractivity (Wildman–Crippen MR) is 174 cm³/mol. The van der Waals surface area contributed by atoms with Gasteiger partial charge in [-0.2, -0.15) is 0 Å². The molecule has 6 rings (SSSR count). The molecule has 0 radical (unpaired) electrons. The molecule has 0 bridgehead atoms. The first-order chi connectivity index (χ1) is 22.7. The first-order valence-corrected chi connectivity index (χ1v) is 16.4. The van der Waals surface area contributed by atoms with E-state index in [2.05, 4.69) is 10.3 Å².